The quantitative estimate of drug-likeness (QED) is 0.553. The van der Waals surface area contributed by atoms with Crippen molar-refractivity contribution in [1.82, 2.24) is 4.72 Å². The van der Waals surface area contributed by atoms with Crippen molar-refractivity contribution < 1.29 is 18.3 Å². The Morgan fingerprint density at radius 2 is 1.88 bits per heavy atom. The average molecular weight is 259 g/mol. The van der Waals surface area contributed by atoms with E-state index in [9.17, 15) is 13.2 Å². The molecule has 1 aromatic carbocycles. The van der Waals surface area contributed by atoms with Crippen LogP contribution in [0.25, 0.3) is 0 Å². The van der Waals surface area contributed by atoms with Crippen LogP contribution >= 0.6 is 0 Å². The van der Waals surface area contributed by atoms with Gasteiger partial charge in [0.1, 0.15) is 0 Å². The smallest absolute Gasteiger partial charge is 0.335 e. The van der Waals surface area contributed by atoms with E-state index in [1.54, 1.807) is 0 Å². The molecule has 0 fully saturated rings. The van der Waals surface area contributed by atoms with Crippen LogP contribution in [0, 0.1) is 0 Å². The van der Waals surface area contributed by atoms with Crippen LogP contribution in [0.4, 0.5) is 5.69 Å². The summed E-state index contributed by atoms with van der Waals surface area (Å²) in [4.78, 5) is 10.6. The van der Waals surface area contributed by atoms with E-state index in [-0.39, 0.29) is 24.3 Å². The highest BCUT2D eigenvalue weighted by atomic mass is 32.2. The second kappa shape index (κ2) is 5.62. The SMILES string of the molecule is NCCNS(=O)(=O)Nc1ccc(C(=O)O)cc1. The van der Waals surface area contributed by atoms with Gasteiger partial charge in [0.05, 0.1) is 5.56 Å². The number of nitrogens with two attached hydrogens (primary N) is 1. The maximum absolute atomic E-state index is 11.4. The molecular weight excluding hydrogens is 246 g/mol. The van der Waals surface area contributed by atoms with E-state index in [0.29, 0.717) is 0 Å². The molecule has 8 heteroatoms. The van der Waals surface area contributed by atoms with Crippen LogP contribution in [0.5, 0.6) is 0 Å². The number of rotatable bonds is 6. The van der Waals surface area contributed by atoms with Gasteiger partial charge >= 0.3 is 5.97 Å². The number of nitrogens with one attached hydrogen (secondary N) is 2. The van der Waals surface area contributed by atoms with Crippen molar-refractivity contribution in [3.05, 3.63) is 29.8 Å². The first-order chi connectivity index (χ1) is 7.94. The Balaban J connectivity index is 2.72. The maximum atomic E-state index is 11.4. The minimum atomic E-state index is -3.66. The summed E-state index contributed by atoms with van der Waals surface area (Å²) >= 11 is 0. The summed E-state index contributed by atoms with van der Waals surface area (Å²) in [7, 11) is -3.66. The molecule has 0 aromatic heterocycles. The van der Waals surface area contributed by atoms with Gasteiger partial charge in [-0.3, -0.25) is 4.72 Å². The number of aromatic carboxylic acids is 1. The number of carboxylic acids is 1. The fraction of sp³-hybridized carbons (Fsp3) is 0.222. The Hall–Kier alpha value is -1.64. The Morgan fingerprint density at radius 1 is 1.29 bits per heavy atom. The van der Waals surface area contributed by atoms with Gasteiger partial charge in [0, 0.05) is 18.8 Å². The molecule has 94 valence electrons. The van der Waals surface area contributed by atoms with Crippen LogP contribution in [-0.4, -0.2) is 32.6 Å². The molecule has 0 radical (unpaired) electrons. The van der Waals surface area contributed by atoms with Gasteiger partial charge in [0.2, 0.25) is 0 Å². The summed E-state index contributed by atoms with van der Waals surface area (Å²) in [5.74, 6) is -1.07. The van der Waals surface area contributed by atoms with Crippen LogP contribution in [0.1, 0.15) is 10.4 Å². The largest absolute Gasteiger partial charge is 0.478 e. The lowest BCUT2D eigenvalue weighted by atomic mass is 10.2. The summed E-state index contributed by atoms with van der Waals surface area (Å²) < 4.78 is 27.2. The van der Waals surface area contributed by atoms with Crippen LogP contribution < -0.4 is 15.2 Å². The molecule has 1 aromatic rings. The van der Waals surface area contributed by atoms with E-state index in [2.05, 4.69) is 9.44 Å². The number of anilines is 1. The van der Waals surface area contributed by atoms with Crippen molar-refractivity contribution in [2.45, 2.75) is 0 Å². The molecule has 0 unspecified atom stereocenters. The molecular formula is C9H13N3O4S. The van der Waals surface area contributed by atoms with Gasteiger partial charge in [0.15, 0.2) is 0 Å². The van der Waals surface area contributed by atoms with Gasteiger partial charge in [0.25, 0.3) is 10.2 Å². The van der Waals surface area contributed by atoms with Crippen molar-refractivity contribution in [3.8, 4) is 0 Å². The third-order valence-electron chi connectivity index (χ3n) is 1.82. The van der Waals surface area contributed by atoms with E-state index in [4.69, 9.17) is 10.8 Å². The number of benzene rings is 1. The third-order valence-corrected chi connectivity index (χ3v) is 2.91. The molecule has 1 rings (SSSR count). The van der Waals surface area contributed by atoms with Crippen molar-refractivity contribution in [2.24, 2.45) is 5.73 Å². The molecule has 0 aliphatic carbocycles. The first-order valence-corrected chi connectivity index (χ1v) is 6.24. The van der Waals surface area contributed by atoms with Gasteiger partial charge in [-0.2, -0.15) is 13.1 Å². The second-order valence-corrected chi connectivity index (χ2v) is 4.67. The molecule has 0 saturated carbocycles. The number of carboxylic acid groups (broad SMARTS) is 1. The zero-order chi connectivity index (χ0) is 12.9. The predicted octanol–water partition coefficient (Wildman–Crippen LogP) is -0.410. The normalized spacial score (nSPS) is 11.1. The standard InChI is InChI=1S/C9H13N3O4S/c10-5-6-11-17(15,16)12-8-3-1-7(2-4-8)9(13)14/h1-4,11-12H,5-6,10H2,(H,13,14). The third kappa shape index (κ3) is 4.39. The zero-order valence-corrected chi connectivity index (χ0v) is 9.70. The predicted molar refractivity (Wildman–Crippen MR) is 63.0 cm³/mol. The summed E-state index contributed by atoms with van der Waals surface area (Å²) in [6.45, 7) is 0.321. The molecule has 0 aliphatic rings. The summed E-state index contributed by atoms with van der Waals surface area (Å²) in [5, 5.41) is 8.66. The van der Waals surface area contributed by atoms with Gasteiger partial charge < -0.3 is 10.8 Å². The molecule has 0 atom stereocenters. The van der Waals surface area contributed by atoms with Crippen LogP contribution in [-0.2, 0) is 10.2 Å². The zero-order valence-electron chi connectivity index (χ0n) is 8.88. The minimum absolute atomic E-state index is 0.0860. The highest BCUT2D eigenvalue weighted by molar-refractivity contribution is 7.90. The first kappa shape index (κ1) is 13.4. The molecule has 7 nitrogen and oxygen atoms in total. The van der Waals surface area contributed by atoms with Gasteiger partial charge in [-0.15, -0.1) is 0 Å². The molecule has 0 heterocycles. The Morgan fingerprint density at radius 3 is 2.35 bits per heavy atom. The summed E-state index contributed by atoms with van der Waals surface area (Å²) in [6, 6.07) is 5.35. The van der Waals surface area contributed by atoms with Gasteiger partial charge in [-0.1, -0.05) is 0 Å². The van der Waals surface area contributed by atoms with E-state index >= 15 is 0 Å². The van der Waals surface area contributed by atoms with Gasteiger partial charge in [-0.25, -0.2) is 4.79 Å². The van der Waals surface area contributed by atoms with Gasteiger partial charge in [-0.05, 0) is 24.3 Å². The van der Waals surface area contributed by atoms with Crippen molar-refractivity contribution in [3.63, 3.8) is 0 Å². The molecule has 0 aliphatic heterocycles. The van der Waals surface area contributed by atoms with Crippen molar-refractivity contribution in [2.75, 3.05) is 17.8 Å². The molecule has 5 N–H and O–H groups in total. The second-order valence-electron chi connectivity index (χ2n) is 3.17. The monoisotopic (exact) mass is 259 g/mol. The van der Waals surface area contributed by atoms with Crippen LogP contribution in [0.15, 0.2) is 24.3 Å². The topological polar surface area (TPSA) is 122 Å². The van der Waals surface area contributed by atoms with Crippen LogP contribution in [0.2, 0.25) is 0 Å². The lowest BCUT2D eigenvalue weighted by Gasteiger charge is -2.08. The highest BCUT2D eigenvalue weighted by Gasteiger charge is 2.09. The summed E-state index contributed by atoms with van der Waals surface area (Å²) in [6.07, 6.45) is 0. The highest BCUT2D eigenvalue weighted by Crippen LogP contribution is 2.10. The Labute approximate surface area is 98.8 Å². The minimum Gasteiger partial charge on any atom is -0.478 e. The van der Waals surface area contributed by atoms with E-state index in [0.717, 1.165) is 0 Å². The maximum Gasteiger partial charge on any atom is 0.335 e. The Bertz CT molecular complexity index is 483. The van der Waals surface area contributed by atoms with Crippen molar-refractivity contribution >= 4 is 21.9 Å². The fourth-order valence-corrected chi connectivity index (χ4v) is 1.97. The van der Waals surface area contributed by atoms with E-state index in [1.165, 1.54) is 24.3 Å². The summed E-state index contributed by atoms with van der Waals surface area (Å²) in [5.41, 5.74) is 5.53. The Kier molecular flexibility index (Phi) is 4.44. The van der Waals surface area contributed by atoms with Crippen molar-refractivity contribution in [1.29, 1.82) is 0 Å². The number of hydrogen-bond donors (Lipinski definition) is 4. The molecule has 0 saturated heterocycles. The fourth-order valence-electron chi connectivity index (χ4n) is 1.07. The van der Waals surface area contributed by atoms with E-state index in [1.807, 2.05) is 0 Å². The lowest BCUT2D eigenvalue weighted by Crippen LogP contribution is -2.33. The van der Waals surface area contributed by atoms with E-state index < -0.39 is 16.2 Å². The lowest BCUT2D eigenvalue weighted by molar-refractivity contribution is 0.0697. The molecule has 0 amide bonds. The molecule has 0 spiro atoms. The van der Waals surface area contributed by atoms with Crippen LogP contribution in [0.3, 0.4) is 0 Å². The molecule has 17 heavy (non-hydrogen) atoms. The number of carbonyl (C=O) groups is 1. The average Bonchev–Trinajstić information content (AvgIpc) is 2.26. The molecule has 0 bridgehead atoms. The first-order valence-electron chi connectivity index (χ1n) is 4.75. The number of hydrogen-bond acceptors (Lipinski definition) is 4.